The molecule has 11 heavy (non-hydrogen) atoms. The quantitative estimate of drug-likeness (QED) is 0.613. The van der Waals surface area contributed by atoms with Crippen LogP contribution in [0.3, 0.4) is 0 Å². The van der Waals surface area contributed by atoms with Gasteiger partial charge >= 0.3 is 0 Å². The van der Waals surface area contributed by atoms with Crippen LogP contribution in [0, 0.1) is 0 Å². The lowest BCUT2D eigenvalue weighted by atomic mass is 9.91. The van der Waals surface area contributed by atoms with Gasteiger partial charge in [0, 0.05) is 20.2 Å². The maximum Gasteiger partial charge on any atom is 0.0928 e. The molecule has 1 aliphatic heterocycles. The van der Waals surface area contributed by atoms with Crippen molar-refractivity contribution >= 4 is 0 Å². The van der Waals surface area contributed by atoms with Crippen molar-refractivity contribution in [3.8, 4) is 0 Å². The van der Waals surface area contributed by atoms with E-state index in [1.807, 2.05) is 7.11 Å². The Morgan fingerprint density at radius 3 is 2.36 bits per heavy atom. The van der Waals surface area contributed by atoms with Gasteiger partial charge in [0.25, 0.3) is 0 Å². The lowest BCUT2D eigenvalue weighted by Crippen LogP contribution is -2.62. The summed E-state index contributed by atoms with van der Waals surface area (Å²) in [6.45, 7) is 7.92. The van der Waals surface area contributed by atoms with Gasteiger partial charge in [0.1, 0.15) is 0 Å². The number of likely N-dealkylation sites (tertiary alicyclic amines) is 1. The van der Waals surface area contributed by atoms with Crippen LogP contribution in [-0.2, 0) is 4.74 Å². The van der Waals surface area contributed by atoms with E-state index in [0.29, 0.717) is 0 Å². The molecule has 2 heteroatoms. The van der Waals surface area contributed by atoms with Gasteiger partial charge in [-0.1, -0.05) is 13.8 Å². The standard InChI is InChI=1S/C9H19NO/c1-4-6-10-7-9(5-2,8-10)11-3/h4-8H2,1-3H3. The molecule has 0 unspecified atom stereocenters. The first-order chi connectivity index (χ1) is 5.26. The summed E-state index contributed by atoms with van der Waals surface area (Å²) >= 11 is 0. The first-order valence-corrected chi connectivity index (χ1v) is 4.54. The molecular formula is C9H19NO. The Balaban J connectivity index is 2.24. The van der Waals surface area contributed by atoms with E-state index in [9.17, 15) is 0 Å². The average molecular weight is 157 g/mol. The van der Waals surface area contributed by atoms with Crippen molar-refractivity contribution in [1.29, 1.82) is 0 Å². The third kappa shape index (κ3) is 1.74. The first kappa shape index (κ1) is 9.01. The average Bonchev–Trinajstić information content (AvgIpc) is 1.96. The molecular weight excluding hydrogens is 138 g/mol. The zero-order valence-corrected chi connectivity index (χ0v) is 7.89. The molecule has 66 valence electrons. The summed E-state index contributed by atoms with van der Waals surface area (Å²) in [5.41, 5.74) is 0.204. The van der Waals surface area contributed by atoms with Gasteiger partial charge < -0.3 is 4.74 Å². The molecule has 0 atom stereocenters. The van der Waals surface area contributed by atoms with Gasteiger partial charge in [-0.2, -0.15) is 0 Å². The minimum Gasteiger partial charge on any atom is -0.376 e. The van der Waals surface area contributed by atoms with Crippen molar-refractivity contribution in [2.75, 3.05) is 26.7 Å². The third-order valence-corrected chi connectivity index (χ3v) is 2.64. The summed E-state index contributed by atoms with van der Waals surface area (Å²) in [5.74, 6) is 0. The van der Waals surface area contributed by atoms with Crippen LogP contribution >= 0.6 is 0 Å². The highest BCUT2D eigenvalue weighted by molar-refractivity contribution is 4.95. The lowest BCUT2D eigenvalue weighted by Gasteiger charge is -2.48. The fraction of sp³-hybridized carbons (Fsp3) is 1.00. The predicted molar refractivity (Wildman–Crippen MR) is 46.8 cm³/mol. The van der Waals surface area contributed by atoms with E-state index in [4.69, 9.17) is 4.74 Å². The van der Waals surface area contributed by atoms with Gasteiger partial charge in [0.15, 0.2) is 0 Å². The van der Waals surface area contributed by atoms with Gasteiger partial charge in [0.05, 0.1) is 5.60 Å². The van der Waals surface area contributed by atoms with E-state index in [-0.39, 0.29) is 5.60 Å². The molecule has 1 fully saturated rings. The van der Waals surface area contributed by atoms with Crippen molar-refractivity contribution in [3.05, 3.63) is 0 Å². The van der Waals surface area contributed by atoms with E-state index >= 15 is 0 Å². The van der Waals surface area contributed by atoms with Crippen molar-refractivity contribution in [3.63, 3.8) is 0 Å². The molecule has 1 aliphatic rings. The Kier molecular flexibility index (Phi) is 2.90. The molecule has 0 aromatic heterocycles. The van der Waals surface area contributed by atoms with Crippen molar-refractivity contribution in [2.45, 2.75) is 32.3 Å². The number of nitrogens with zero attached hydrogens (tertiary/aromatic N) is 1. The first-order valence-electron chi connectivity index (χ1n) is 4.54. The second-order valence-corrected chi connectivity index (χ2v) is 3.45. The Hall–Kier alpha value is -0.0800. The van der Waals surface area contributed by atoms with E-state index in [0.717, 1.165) is 19.5 Å². The minimum absolute atomic E-state index is 0.204. The molecule has 0 aromatic carbocycles. The van der Waals surface area contributed by atoms with Crippen LogP contribution in [0.25, 0.3) is 0 Å². The highest BCUT2D eigenvalue weighted by Crippen LogP contribution is 2.27. The normalized spacial score (nSPS) is 23.2. The second-order valence-electron chi connectivity index (χ2n) is 3.45. The molecule has 0 bridgehead atoms. The summed E-state index contributed by atoms with van der Waals surface area (Å²) < 4.78 is 5.46. The summed E-state index contributed by atoms with van der Waals surface area (Å²) in [6, 6.07) is 0. The van der Waals surface area contributed by atoms with E-state index in [1.165, 1.54) is 13.0 Å². The fourth-order valence-corrected chi connectivity index (χ4v) is 1.74. The van der Waals surface area contributed by atoms with Gasteiger partial charge in [0.2, 0.25) is 0 Å². The minimum atomic E-state index is 0.204. The lowest BCUT2D eigenvalue weighted by molar-refractivity contribution is -0.125. The number of rotatable bonds is 4. The topological polar surface area (TPSA) is 12.5 Å². The smallest absolute Gasteiger partial charge is 0.0928 e. The number of hydrogen-bond donors (Lipinski definition) is 0. The number of ether oxygens (including phenoxy) is 1. The molecule has 2 nitrogen and oxygen atoms in total. The van der Waals surface area contributed by atoms with Crippen LogP contribution in [0.1, 0.15) is 26.7 Å². The molecule has 1 rings (SSSR count). The third-order valence-electron chi connectivity index (χ3n) is 2.64. The monoisotopic (exact) mass is 157 g/mol. The van der Waals surface area contributed by atoms with Crippen LogP contribution in [0.2, 0.25) is 0 Å². The number of methoxy groups -OCH3 is 1. The zero-order valence-electron chi connectivity index (χ0n) is 7.89. The van der Waals surface area contributed by atoms with Gasteiger partial charge in [-0.25, -0.2) is 0 Å². The van der Waals surface area contributed by atoms with Crippen LogP contribution in [0.4, 0.5) is 0 Å². The molecule has 0 N–H and O–H groups in total. The SMILES string of the molecule is CCCN1CC(CC)(OC)C1. The van der Waals surface area contributed by atoms with E-state index in [2.05, 4.69) is 18.7 Å². The molecule has 0 aromatic rings. The second kappa shape index (κ2) is 3.55. The molecule has 1 saturated heterocycles. The summed E-state index contributed by atoms with van der Waals surface area (Å²) in [7, 11) is 1.83. The molecule has 1 heterocycles. The van der Waals surface area contributed by atoms with Crippen LogP contribution in [0.5, 0.6) is 0 Å². The summed E-state index contributed by atoms with van der Waals surface area (Å²) in [4.78, 5) is 2.45. The molecule has 0 amide bonds. The van der Waals surface area contributed by atoms with Gasteiger partial charge in [-0.15, -0.1) is 0 Å². The maximum absolute atomic E-state index is 5.46. The predicted octanol–water partition coefficient (Wildman–Crippen LogP) is 1.51. The van der Waals surface area contributed by atoms with Crippen molar-refractivity contribution in [1.82, 2.24) is 4.90 Å². The highest BCUT2D eigenvalue weighted by Gasteiger charge is 2.40. The zero-order chi connectivity index (χ0) is 8.32. The Morgan fingerprint density at radius 2 is 2.00 bits per heavy atom. The Morgan fingerprint density at radius 1 is 1.36 bits per heavy atom. The largest absolute Gasteiger partial charge is 0.376 e. The Labute approximate surface area is 69.5 Å². The van der Waals surface area contributed by atoms with Crippen LogP contribution < -0.4 is 0 Å². The maximum atomic E-state index is 5.46. The summed E-state index contributed by atoms with van der Waals surface area (Å²) in [5, 5.41) is 0. The molecule has 0 saturated carbocycles. The van der Waals surface area contributed by atoms with E-state index < -0.39 is 0 Å². The van der Waals surface area contributed by atoms with Crippen molar-refractivity contribution < 1.29 is 4.74 Å². The molecule has 0 radical (unpaired) electrons. The summed E-state index contributed by atoms with van der Waals surface area (Å²) in [6.07, 6.45) is 2.40. The van der Waals surface area contributed by atoms with Crippen LogP contribution in [0.15, 0.2) is 0 Å². The number of hydrogen-bond acceptors (Lipinski definition) is 2. The van der Waals surface area contributed by atoms with E-state index in [1.54, 1.807) is 0 Å². The van der Waals surface area contributed by atoms with Crippen LogP contribution in [-0.4, -0.2) is 37.2 Å². The van der Waals surface area contributed by atoms with Gasteiger partial charge in [-0.3, -0.25) is 4.90 Å². The molecule has 0 spiro atoms. The highest BCUT2D eigenvalue weighted by atomic mass is 16.5. The molecule has 0 aliphatic carbocycles. The van der Waals surface area contributed by atoms with Gasteiger partial charge in [-0.05, 0) is 19.4 Å². The van der Waals surface area contributed by atoms with Crippen molar-refractivity contribution in [2.24, 2.45) is 0 Å². The fourth-order valence-electron chi connectivity index (χ4n) is 1.74. The Bertz CT molecular complexity index is 113.